The average Bonchev–Trinajstić information content (AvgIpc) is 2.88. The number of aliphatic carboxylic acids is 1. The number of carbonyl (C=O) groups is 2. The van der Waals surface area contributed by atoms with Gasteiger partial charge in [-0.3, -0.25) is 10.0 Å². The second-order valence-electron chi connectivity index (χ2n) is 6.65. The van der Waals surface area contributed by atoms with Gasteiger partial charge < -0.3 is 9.67 Å². The largest absolute Gasteiger partial charge is 0.479 e. The Bertz CT molecular complexity index is 983. The Morgan fingerprint density at radius 1 is 1.32 bits per heavy atom. The van der Waals surface area contributed by atoms with Crippen molar-refractivity contribution in [1.29, 1.82) is 0 Å². The third-order valence-electron chi connectivity index (χ3n) is 5.16. The number of carbonyl (C=O) groups excluding carboxylic acids is 1. The van der Waals surface area contributed by atoms with Gasteiger partial charge in [-0.05, 0) is 35.4 Å². The van der Waals surface area contributed by atoms with Gasteiger partial charge in [0.2, 0.25) is 0 Å². The number of benzene rings is 1. The van der Waals surface area contributed by atoms with Crippen molar-refractivity contribution in [2.75, 3.05) is 0 Å². The van der Waals surface area contributed by atoms with E-state index in [1.807, 2.05) is 36.0 Å². The summed E-state index contributed by atoms with van der Waals surface area (Å²) in [5.74, 6) is -1.51. The summed E-state index contributed by atoms with van der Waals surface area (Å²) in [6.07, 6.45) is 5.26. The molecule has 0 spiro atoms. The molecule has 0 radical (unpaired) electrons. The first-order valence-corrected chi connectivity index (χ1v) is 8.13. The normalized spacial score (nSPS) is 22.8. The Kier molecular flexibility index (Phi) is 3.33. The minimum absolute atomic E-state index is 0.0478. The van der Waals surface area contributed by atoms with Crippen LogP contribution in [0.5, 0.6) is 0 Å². The predicted molar refractivity (Wildman–Crippen MR) is 91.9 cm³/mol. The van der Waals surface area contributed by atoms with Gasteiger partial charge in [-0.1, -0.05) is 13.0 Å². The molecule has 1 aromatic carbocycles. The molecule has 6 heteroatoms. The molecule has 4 rings (SSSR count). The van der Waals surface area contributed by atoms with E-state index < -0.39 is 17.9 Å². The molecule has 2 aliphatic rings. The van der Waals surface area contributed by atoms with Crippen LogP contribution in [0.25, 0.3) is 16.6 Å². The molecule has 2 unspecified atom stereocenters. The summed E-state index contributed by atoms with van der Waals surface area (Å²) in [6.45, 7) is 1.79. The van der Waals surface area contributed by atoms with Gasteiger partial charge in [0.15, 0.2) is 6.04 Å². The lowest BCUT2D eigenvalue weighted by Gasteiger charge is -2.31. The Labute approximate surface area is 144 Å². The van der Waals surface area contributed by atoms with E-state index in [1.54, 1.807) is 13.0 Å². The van der Waals surface area contributed by atoms with Gasteiger partial charge in [-0.25, -0.2) is 9.86 Å². The predicted octanol–water partition coefficient (Wildman–Crippen LogP) is 2.36. The molecule has 0 saturated heterocycles. The SMILES string of the molecule is CC1C(=O)Cc2cc3c(ccn3C)cc2C2=C1C=CC(C(=O)O)N2O. The fourth-order valence-electron chi connectivity index (χ4n) is 3.68. The van der Waals surface area contributed by atoms with Crippen LogP contribution < -0.4 is 0 Å². The number of fused-ring (bicyclic) bond motifs is 3. The minimum Gasteiger partial charge on any atom is -0.479 e. The Morgan fingerprint density at radius 3 is 2.80 bits per heavy atom. The highest BCUT2D eigenvalue weighted by Gasteiger charge is 2.36. The lowest BCUT2D eigenvalue weighted by atomic mass is 9.91. The second-order valence-corrected chi connectivity index (χ2v) is 6.65. The maximum atomic E-state index is 12.6. The van der Waals surface area contributed by atoms with Crippen molar-refractivity contribution in [2.24, 2.45) is 13.0 Å². The maximum Gasteiger partial charge on any atom is 0.332 e. The van der Waals surface area contributed by atoms with E-state index in [0.29, 0.717) is 16.8 Å². The van der Waals surface area contributed by atoms with Crippen LogP contribution in [-0.4, -0.2) is 37.7 Å². The molecule has 0 amide bonds. The van der Waals surface area contributed by atoms with Crippen molar-refractivity contribution in [3.63, 3.8) is 0 Å². The third-order valence-corrected chi connectivity index (χ3v) is 5.16. The van der Waals surface area contributed by atoms with Gasteiger partial charge in [-0.2, -0.15) is 0 Å². The van der Waals surface area contributed by atoms with Crippen LogP contribution in [0.2, 0.25) is 0 Å². The standard InChI is InChI=1S/C19H18N2O4/c1-10-13-3-4-15(19(23)24)21(25)18(13)14-7-11-5-6-20(2)16(11)8-12(14)9-17(10)22/h3-8,10,15,25H,9H2,1-2H3,(H,23,24). The fourth-order valence-corrected chi connectivity index (χ4v) is 3.68. The molecule has 1 aromatic heterocycles. The lowest BCUT2D eigenvalue weighted by molar-refractivity contribution is -0.151. The number of hydroxylamine groups is 2. The highest BCUT2D eigenvalue weighted by atomic mass is 16.5. The highest BCUT2D eigenvalue weighted by molar-refractivity contribution is 5.97. The first-order chi connectivity index (χ1) is 11.9. The number of carboxylic acid groups (broad SMARTS) is 1. The van der Waals surface area contributed by atoms with Crippen LogP contribution in [-0.2, 0) is 23.1 Å². The van der Waals surface area contributed by atoms with Crippen LogP contribution in [0.3, 0.4) is 0 Å². The molecular formula is C19H18N2O4. The summed E-state index contributed by atoms with van der Waals surface area (Å²) in [6, 6.07) is 4.67. The number of allylic oxidation sites excluding steroid dienone is 2. The van der Waals surface area contributed by atoms with Crippen LogP contribution in [0.1, 0.15) is 18.1 Å². The number of nitrogens with zero attached hydrogens (tertiary/aromatic N) is 2. The highest BCUT2D eigenvalue weighted by Crippen LogP contribution is 2.39. The number of hydrogen-bond acceptors (Lipinski definition) is 4. The van der Waals surface area contributed by atoms with Gasteiger partial charge in [0, 0.05) is 42.0 Å². The molecule has 2 N–H and O–H groups in total. The van der Waals surface area contributed by atoms with E-state index in [4.69, 9.17) is 0 Å². The molecule has 25 heavy (non-hydrogen) atoms. The Balaban J connectivity index is 2.01. The average molecular weight is 338 g/mol. The van der Waals surface area contributed by atoms with Crippen LogP contribution in [0.4, 0.5) is 0 Å². The number of rotatable bonds is 1. The quantitative estimate of drug-likeness (QED) is 0.834. The molecule has 2 atom stereocenters. The summed E-state index contributed by atoms with van der Waals surface area (Å²) < 4.78 is 1.97. The van der Waals surface area contributed by atoms with Gasteiger partial charge in [-0.15, -0.1) is 0 Å². The van der Waals surface area contributed by atoms with Crippen molar-refractivity contribution in [2.45, 2.75) is 19.4 Å². The molecule has 0 bridgehead atoms. The van der Waals surface area contributed by atoms with E-state index in [2.05, 4.69) is 0 Å². The molecule has 1 aliphatic heterocycles. The van der Waals surface area contributed by atoms with Crippen LogP contribution in [0.15, 0.2) is 42.1 Å². The van der Waals surface area contributed by atoms with Crippen molar-refractivity contribution in [3.05, 3.63) is 53.2 Å². The number of carboxylic acids is 1. The van der Waals surface area contributed by atoms with E-state index in [0.717, 1.165) is 21.5 Å². The topological polar surface area (TPSA) is 82.8 Å². The van der Waals surface area contributed by atoms with Crippen LogP contribution >= 0.6 is 0 Å². The molecule has 128 valence electrons. The van der Waals surface area contributed by atoms with Crippen molar-refractivity contribution < 1.29 is 19.9 Å². The molecule has 0 saturated carbocycles. The summed E-state index contributed by atoms with van der Waals surface area (Å²) >= 11 is 0. The van der Waals surface area contributed by atoms with Gasteiger partial charge in [0.1, 0.15) is 5.78 Å². The first kappa shape index (κ1) is 15.7. The number of ketones is 1. The van der Waals surface area contributed by atoms with E-state index in [9.17, 15) is 19.9 Å². The summed E-state index contributed by atoms with van der Waals surface area (Å²) in [5.41, 5.74) is 3.57. The van der Waals surface area contributed by atoms with Gasteiger partial charge in [0.05, 0.1) is 5.70 Å². The number of aromatic nitrogens is 1. The molecule has 2 heterocycles. The minimum atomic E-state index is -1.17. The molecule has 2 aromatic rings. The summed E-state index contributed by atoms with van der Waals surface area (Å²) in [5, 5.41) is 21.7. The summed E-state index contributed by atoms with van der Waals surface area (Å²) in [7, 11) is 1.93. The van der Waals surface area contributed by atoms with Gasteiger partial charge >= 0.3 is 5.97 Å². The zero-order valence-electron chi connectivity index (χ0n) is 13.9. The first-order valence-electron chi connectivity index (χ1n) is 8.13. The van der Waals surface area contributed by atoms with E-state index >= 15 is 0 Å². The second kappa shape index (κ2) is 5.32. The molecule has 0 fully saturated rings. The number of aryl methyl sites for hydroxylation is 1. The molecule has 6 nitrogen and oxygen atoms in total. The van der Waals surface area contributed by atoms with E-state index in [-0.39, 0.29) is 12.2 Å². The molecule has 1 aliphatic carbocycles. The lowest BCUT2D eigenvalue weighted by Crippen LogP contribution is -2.39. The molecular weight excluding hydrogens is 320 g/mol. The summed E-state index contributed by atoms with van der Waals surface area (Å²) in [4.78, 5) is 24.1. The maximum absolute atomic E-state index is 12.6. The monoisotopic (exact) mass is 338 g/mol. The van der Waals surface area contributed by atoms with E-state index in [1.165, 1.54) is 6.08 Å². The fraction of sp³-hybridized carbons (Fsp3) is 0.263. The van der Waals surface area contributed by atoms with Crippen molar-refractivity contribution >= 4 is 28.4 Å². The zero-order valence-corrected chi connectivity index (χ0v) is 13.9. The van der Waals surface area contributed by atoms with Gasteiger partial charge in [0.25, 0.3) is 0 Å². The number of hydrogen-bond donors (Lipinski definition) is 2. The Hall–Kier alpha value is -2.86. The van der Waals surface area contributed by atoms with Crippen molar-refractivity contribution in [1.82, 2.24) is 9.63 Å². The smallest absolute Gasteiger partial charge is 0.332 e. The zero-order chi connectivity index (χ0) is 17.9. The Morgan fingerprint density at radius 2 is 2.08 bits per heavy atom. The van der Waals surface area contributed by atoms with Crippen LogP contribution in [0, 0.1) is 5.92 Å². The number of Topliss-reactive ketones (excluding diaryl/α,β-unsaturated/α-hetero) is 1. The third kappa shape index (κ3) is 2.21. The van der Waals surface area contributed by atoms with Crippen molar-refractivity contribution in [3.8, 4) is 0 Å².